The first-order chi connectivity index (χ1) is 12.3. The molecule has 0 aliphatic carbocycles. The Bertz CT molecular complexity index is 898. The van der Waals surface area contributed by atoms with Gasteiger partial charge >= 0.3 is 0 Å². The Labute approximate surface area is 157 Å². The van der Waals surface area contributed by atoms with E-state index >= 15 is 0 Å². The summed E-state index contributed by atoms with van der Waals surface area (Å²) in [5.41, 5.74) is 1.50. The number of benzene rings is 1. The molecule has 1 aliphatic rings. The summed E-state index contributed by atoms with van der Waals surface area (Å²) in [5.74, 6) is 0.581. The highest BCUT2D eigenvalue weighted by Crippen LogP contribution is 2.21. The molecule has 9 heteroatoms. The summed E-state index contributed by atoms with van der Waals surface area (Å²) in [6, 6.07) is 6.20. The molecule has 26 heavy (non-hydrogen) atoms. The van der Waals surface area contributed by atoms with Crippen LogP contribution in [0.2, 0.25) is 5.02 Å². The summed E-state index contributed by atoms with van der Waals surface area (Å²) in [6.07, 6.45) is 0.211. The third-order valence-electron chi connectivity index (χ3n) is 4.53. The van der Waals surface area contributed by atoms with Crippen molar-refractivity contribution in [3.05, 3.63) is 46.3 Å². The van der Waals surface area contributed by atoms with Crippen LogP contribution in [0.3, 0.4) is 0 Å². The van der Waals surface area contributed by atoms with Gasteiger partial charge in [-0.3, -0.25) is 4.79 Å². The molecule has 0 N–H and O–H groups in total. The molecule has 0 atom stereocenters. The average molecular weight is 398 g/mol. The minimum Gasteiger partial charge on any atom is -0.361 e. The number of sulfonamides is 1. The molecule has 0 bridgehead atoms. The number of hydrogen-bond donors (Lipinski definition) is 0. The molecule has 1 saturated heterocycles. The van der Waals surface area contributed by atoms with Crippen LogP contribution in [0.1, 0.15) is 17.0 Å². The first-order valence-electron chi connectivity index (χ1n) is 8.24. The fourth-order valence-corrected chi connectivity index (χ4v) is 4.70. The van der Waals surface area contributed by atoms with Crippen LogP contribution in [-0.4, -0.2) is 54.9 Å². The zero-order valence-corrected chi connectivity index (χ0v) is 16.2. The van der Waals surface area contributed by atoms with Gasteiger partial charge in [0.1, 0.15) is 5.76 Å². The van der Waals surface area contributed by atoms with Crippen molar-refractivity contribution in [3.63, 3.8) is 0 Å². The molecule has 1 aliphatic heterocycles. The van der Waals surface area contributed by atoms with E-state index < -0.39 is 10.0 Å². The van der Waals surface area contributed by atoms with E-state index in [0.717, 1.165) is 5.56 Å². The molecule has 7 nitrogen and oxygen atoms in total. The van der Waals surface area contributed by atoms with Gasteiger partial charge in [0.05, 0.1) is 17.0 Å². The van der Waals surface area contributed by atoms with Crippen molar-refractivity contribution in [2.24, 2.45) is 0 Å². The number of halogens is 1. The molecule has 1 amide bonds. The lowest BCUT2D eigenvalue weighted by molar-refractivity contribution is -0.131. The lowest BCUT2D eigenvalue weighted by Gasteiger charge is -2.34. The quantitative estimate of drug-likeness (QED) is 0.788. The molecule has 0 unspecified atom stereocenters. The van der Waals surface area contributed by atoms with Crippen molar-refractivity contribution < 1.29 is 17.7 Å². The van der Waals surface area contributed by atoms with Gasteiger partial charge in [-0.05, 0) is 32.0 Å². The number of aromatic nitrogens is 1. The summed E-state index contributed by atoms with van der Waals surface area (Å²) < 4.78 is 31.9. The van der Waals surface area contributed by atoms with E-state index in [0.29, 0.717) is 29.6 Å². The number of piperazine rings is 1. The number of rotatable bonds is 4. The van der Waals surface area contributed by atoms with Gasteiger partial charge in [-0.15, -0.1) is 0 Å². The molecule has 0 spiro atoms. The maximum Gasteiger partial charge on any atom is 0.243 e. The number of carbonyl (C=O) groups is 1. The van der Waals surface area contributed by atoms with Crippen LogP contribution >= 0.6 is 11.6 Å². The normalized spacial score (nSPS) is 16.0. The highest BCUT2D eigenvalue weighted by atomic mass is 35.5. The average Bonchev–Trinajstić information content (AvgIpc) is 2.94. The summed E-state index contributed by atoms with van der Waals surface area (Å²) in [6.45, 7) is 4.78. The van der Waals surface area contributed by atoms with E-state index in [-0.39, 0.29) is 30.3 Å². The van der Waals surface area contributed by atoms with Gasteiger partial charge in [-0.25, -0.2) is 8.42 Å². The molecule has 3 rings (SSSR count). The Morgan fingerprint density at radius 2 is 1.92 bits per heavy atom. The number of nitrogens with zero attached hydrogens (tertiary/aromatic N) is 3. The molecule has 1 aromatic heterocycles. The lowest BCUT2D eigenvalue weighted by atomic mass is 10.1. The Kier molecular flexibility index (Phi) is 5.36. The van der Waals surface area contributed by atoms with E-state index in [4.69, 9.17) is 16.1 Å². The predicted octanol–water partition coefficient (Wildman–Crippen LogP) is 2.02. The minimum atomic E-state index is -3.61. The van der Waals surface area contributed by atoms with Crippen molar-refractivity contribution in [1.82, 2.24) is 14.4 Å². The van der Waals surface area contributed by atoms with Gasteiger partial charge in [0.15, 0.2) is 0 Å². The monoisotopic (exact) mass is 397 g/mol. The second-order valence-corrected chi connectivity index (χ2v) is 8.60. The maximum absolute atomic E-state index is 12.7. The first kappa shape index (κ1) is 18.9. The highest BCUT2D eigenvalue weighted by molar-refractivity contribution is 7.89. The fraction of sp³-hybridized carbons (Fsp3) is 0.412. The van der Waals surface area contributed by atoms with Crippen LogP contribution in [0.25, 0.3) is 0 Å². The van der Waals surface area contributed by atoms with Crippen molar-refractivity contribution in [1.29, 1.82) is 0 Å². The Hall–Kier alpha value is -1.90. The van der Waals surface area contributed by atoms with E-state index in [2.05, 4.69) is 5.16 Å². The van der Waals surface area contributed by atoms with Crippen molar-refractivity contribution >= 4 is 27.5 Å². The van der Waals surface area contributed by atoms with Crippen molar-refractivity contribution in [2.75, 3.05) is 26.2 Å². The van der Waals surface area contributed by atoms with Gasteiger partial charge in [-0.2, -0.15) is 4.31 Å². The predicted molar refractivity (Wildman–Crippen MR) is 96.5 cm³/mol. The SMILES string of the molecule is Cc1noc(C)c1CC(=O)N1CCN(S(=O)(=O)c2cccc(Cl)c2)CC1. The molecule has 1 fully saturated rings. The van der Waals surface area contributed by atoms with Gasteiger partial charge in [0.2, 0.25) is 15.9 Å². The Morgan fingerprint density at radius 3 is 2.50 bits per heavy atom. The van der Waals surface area contributed by atoms with E-state index in [1.54, 1.807) is 30.9 Å². The summed E-state index contributed by atoms with van der Waals surface area (Å²) in [4.78, 5) is 14.4. The molecule has 0 saturated carbocycles. The number of hydrogen-bond acceptors (Lipinski definition) is 5. The molecule has 2 heterocycles. The van der Waals surface area contributed by atoms with Crippen LogP contribution < -0.4 is 0 Å². The van der Waals surface area contributed by atoms with Crippen molar-refractivity contribution in [3.8, 4) is 0 Å². The van der Waals surface area contributed by atoms with Crippen LogP contribution in [0.4, 0.5) is 0 Å². The summed E-state index contributed by atoms with van der Waals surface area (Å²) >= 11 is 5.90. The molecule has 140 valence electrons. The van der Waals surface area contributed by atoms with Gasteiger partial charge in [0.25, 0.3) is 0 Å². The topological polar surface area (TPSA) is 83.7 Å². The maximum atomic E-state index is 12.7. The number of amides is 1. The van der Waals surface area contributed by atoms with Crippen molar-refractivity contribution in [2.45, 2.75) is 25.2 Å². The second-order valence-electron chi connectivity index (χ2n) is 6.22. The molecule has 1 aromatic carbocycles. The van der Waals surface area contributed by atoms with Gasteiger partial charge in [-0.1, -0.05) is 22.8 Å². The molecule has 0 radical (unpaired) electrons. The fourth-order valence-electron chi connectivity index (χ4n) is 2.97. The largest absolute Gasteiger partial charge is 0.361 e. The molecular weight excluding hydrogens is 378 g/mol. The zero-order chi connectivity index (χ0) is 18.9. The first-order valence-corrected chi connectivity index (χ1v) is 10.1. The second kappa shape index (κ2) is 7.38. The van der Waals surface area contributed by atoms with Gasteiger partial charge < -0.3 is 9.42 Å². The third kappa shape index (κ3) is 3.77. The number of aryl methyl sites for hydroxylation is 2. The Morgan fingerprint density at radius 1 is 1.23 bits per heavy atom. The summed E-state index contributed by atoms with van der Waals surface area (Å²) in [7, 11) is -3.61. The van der Waals surface area contributed by atoms with E-state index in [9.17, 15) is 13.2 Å². The smallest absolute Gasteiger partial charge is 0.243 e. The van der Waals surface area contributed by atoms with E-state index in [1.807, 2.05) is 0 Å². The minimum absolute atomic E-state index is 0.0563. The molecular formula is C17H20ClN3O4S. The van der Waals surface area contributed by atoms with Crippen LogP contribution in [0, 0.1) is 13.8 Å². The van der Waals surface area contributed by atoms with Crippen LogP contribution in [-0.2, 0) is 21.2 Å². The zero-order valence-electron chi connectivity index (χ0n) is 14.6. The van der Waals surface area contributed by atoms with Gasteiger partial charge in [0, 0.05) is 36.8 Å². The van der Waals surface area contributed by atoms with Crippen LogP contribution in [0.5, 0.6) is 0 Å². The van der Waals surface area contributed by atoms with Crippen LogP contribution in [0.15, 0.2) is 33.7 Å². The lowest BCUT2D eigenvalue weighted by Crippen LogP contribution is -2.50. The highest BCUT2D eigenvalue weighted by Gasteiger charge is 2.30. The van der Waals surface area contributed by atoms with E-state index in [1.165, 1.54) is 16.4 Å². The third-order valence-corrected chi connectivity index (χ3v) is 6.66. The Balaban J connectivity index is 1.64. The summed E-state index contributed by atoms with van der Waals surface area (Å²) in [5, 5.41) is 4.23. The number of carbonyl (C=O) groups excluding carboxylic acids is 1. The molecule has 2 aromatic rings. The standard InChI is InChI=1S/C17H20ClN3O4S/c1-12-16(13(2)25-19-12)11-17(22)20-6-8-21(9-7-20)26(23,24)15-5-3-4-14(18)10-15/h3-5,10H,6-9,11H2,1-2H3.